The largest absolute Gasteiger partial charge is 0.309 e. The zero-order valence-corrected chi connectivity index (χ0v) is 37.3. The first-order valence-electron chi connectivity index (χ1n) is 23.4. The summed E-state index contributed by atoms with van der Waals surface area (Å²) in [5, 5.41) is 7.34. The van der Waals surface area contributed by atoms with Crippen LogP contribution in [0.3, 0.4) is 0 Å². The topological polar surface area (TPSA) is 53.5 Å². The molecule has 0 radical (unpaired) electrons. The van der Waals surface area contributed by atoms with E-state index >= 15 is 0 Å². The summed E-state index contributed by atoms with van der Waals surface area (Å²) >= 11 is 0. The highest BCUT2D eigenvalue weighted by Gasteiger charge is 2.20. The summed E-state index contributed by atoms with van der Waals surface area (Å²) < 4.78 is 7.26. The molecule has 10 aromatic carbocycles. The Bertz CT molecular complexity index is 4130. The van der Waals surface area contributed by atoms with Gasteiger partial charge in [0.2, 0.25) is 0 Å². The second-order valence-electron chi connectivity index (χ2n) is 17.6. The molecule has 4 aromatic heterocycles. The molecule has 0 atom stereocenters. The van der Waals surface area contributed by atoms with Crippen molar-refractivity contribution >= 4 is 65.4 Å². The number of hydrogen-bond acceptors (Lipinski definition) is 3. The summed E-state index contributed by atoms with van der Waals surface area (Å²) in [6, 6.07) is 86.6. The van der Waals surface area contributed by atoms with E-state index in [9.17, 15) is 0 Å². The maximum absolute atomic E-state index is 5.04. The average molecular weight is 881 g/mol. The van der Waals surface area contributed by atoms with E-state index in [0.717, 1.165) is 66.9 Å². The number of nitrogens with zero attached hydrogens (tertiary/aromatic N) is 6. The zero-order valence-electron chi connectivity index (χ0n) is 37.3. The maximum Gasteiger partial charge on any atom is 0.164 e. The summed E-state index contributed by atoms with van der Waals surface area (Å²) in [5.41, 5.74) is 15.2. The summed E-state index contributed by atoms with van der Waals surface area (Å²) in [4.78, 5) is 15.0. The predicted octanol–water partition coefficient (Wildman–Crippen LogP) is 15.8. The third-order valence-electron chi connectivity index (χ3n) is 13.7. The molecule has 0 fully saturated rings. The van der Waals surface area contributed by atoms with Gasteiger partial charge in [-0.2, -0.15) is 0 Å². The molecular formula is C63H40N6. The third-order valence-corrected chi connectivity index (χ3v) is 13.7. The van der Waals surface area contributed by atoms with Crippen LogP contribution in [-0.2, 0) is 0 Å². The quantitative estimate of drug-likeness (QED) is 0.160. The van der Waals surface area contributed by atoms with Crippen LogP contribution < -0.4 is 0 Å². The van der Waals surface area contributed by atoms with E-state index in [1.165, 1.54) is 43.4 Å². The fourth-order valence-corrected chi connectivity index (χ4v) is 10.5. The molecule has 0 N–H and O–H groups in total. The predicted molar refractivity (Wildman–Crippen MR) is 285 cm³/mol. The SMILES string of the molecule is c1ccc(-c2nc(-c3ccccc3)nc(-c3ccc(-c4cc(-n5c6ccccc6c6ccccc65)cc(-n5c6ccccc6c6cc(-n7c8ccccc8c8ccccc87)ccc65)c4)cc3)n2)cc1. The molecule has 0 saturated heterocycles. The fourth-order valence-electron chi connectivity index (χ4n) is 10.5. The number of benzene rings is 10. The van der Waals surface area contributed by atoms with Crippen molar-refractivity contribution < 1.29 is 0 Å². The highest BCUT2D eigenvalue weighted by Crippen LogP contribution is 2.40. The van der Waals surface area contributed by atoms with Crippen LogP contribution in [-0.4, -0.2) is 28.7 Å². The van der Waals surface area contributed by atoms with Gasteiger partial charge in [0, 0.05) is 66.1 Å². The molecule has 0 bridgehead atoms. The lowest BCUT2D eigenvalue weighted by Gasteiger charge is -2.16. The van der Waals surface area contributed by atoms with Gasteiger partial charge in [-0.3, -0.25) is 0 Å². The van der Waals surface area contributed by atoms with E-state index in [0.29, 0.717) is 17.5 Å². The van der Waals surface area contributed by atoms with Crippen LogP contribution in [0.4, 0.5) is 0 Å². The first-order chi connectivity index (χ1) is 34.2. The number of aromatic nitrogens is 6. The summed E-state index contributed by atoms with van der Waals surface area (Å²) in [7, 11) is 0. The van der Waals surface area contributed by atoms with E-state index in [2.05, 4.69) is 196 Å². The average Bonchev–Trinajstić information content (AvgIpc) is 4.07. The molecule has 322 valence electrons. The Morgan fingerprint density at radius 3 is 0.942 bits per heavy atom. The van der Waals surface area contributed by atoms with Crippen molar-refractivity contribution in [3.8, 4) is 62.4 Å². The van der Waals surface area contributed by atoms with Crippen LogP contribution in [0.15, 0.2) is 243 Å². The maximum atomic E-state index is 5.04. The van der Waals surface area contributed by atoms with E-state index < -0.39 is 0 Å². The molecule has 4 heterocycles. The molecule has 0 aliphatic carbocycles. The normalized spacial score (nSPS) is 11.8. The molecule has 0 aliphatic heterocycles. The lowest BCUT2D eigenvalue weighted by molar-refractivity contribution is 1.07. The van der Waals surface area contributed by atoms with Crippen LogP contribution in [0.25, 0.3) is 128 Å². The number of rotatable bonds is 7. The van der Waals surface area contributed by atoms with Crippen LogP contribution in [0, 0.1) is 0 Å². The molecule has 0 amide bonds. The molecule has 14 rings (SSSR count). The second kappa shape index (κ2) is 15.6. The van der Waals surface area contributed by atoms with Crippen molar-refractivity contribution in [1.29, 1.82) is 0 Å². The summed E-state index contributed by atoms with van der Waals surface area (Å²) in [6.07, 6.45) is 0. The number of fused-ring (bicyclic) bond motifs is 9. The van der Waals surface area contributed by atoms with Gasteiger partial charge in [0.15, 0.2) is 17.5 Å². The molecule has 14 aromatic rings. The van der Waals surface area contributed by atoms with E-state index in [1.807, 2.05) is 60.7 Å². The second-order valence-corrected chi connectivity index (χ2v) is 17.6. The Balaban J connectivity index is 0.969. The highest BCUT2D eigenvalue weighted by atomic mass is 15.0. The molecule has 6 nitrogen and oxygen atoms in total. The van der Waals surface area contributed by atoms with Gasteiger partial charge in [-0.1, -0.05) is 176 Å². The van der Waals surface area contributed by atoms with Crippen LogP contribution in [0.1, 0.15) is 0 Å². The van der Waals surface area contributed by atoms with Gasteiger partial charge in [-0.25, -0.2) is 15.0 Å². The Kier molecular flexibility index (Phi) is 8.79. The summed E-state index contributed by atoms with van der Waals surface area (Å²) in [6.45, 7) is 0. The molecule has 69 heavy (non-hydrogen) atoms. The number of hydrogen-bond donors (Lipinski definition) is 0. The lowest BCUT2D eigenvalue weighted by atomic mass is 10.0. The van der Waals surface area contributed by atoms with Gasteiger partial charge in [-0.05, 0) is 77.9 Å². The molecule has 0 saturated carbocycles. The monoisotopic (exact) mass is 880 g/mol. The minimum absolute atomic E-state index is 0.625. The zero-order chi connectivity index (χ0) is 45.4. The van der Waals surface area contributed by atoms with Crippen molar-refractivity contribution in [2.45, 2.75) is 0 Å². The Labute approximate surface area is 397 Å². The van der Waals surface area contributed by atoms with Gasteiger partial charge in [0.1, 0.15) is 0 Å². The van der Waals surface area contributed by atoms with E-state index in [1.54, 1.807) is 0 Å². The van der Waals surface area contributed by atoms with Crippen LogP contribution >= 0.6 is 0 Å². The minimum Gasteiger partial charge on any atom is -0.309 e. The Hall–Kier alpha value is -9.39. The first kappa shape index (κ1) is 38.8. The van der Waals surface area contributed by atoms with Crippen molar-refractivity contribution in [2.24, 2.45) is 0 Å². The van der Waals surface area contributed by atoms with Crippen LogP contribution in [0.2, 0.25) is 0 Å². The Morgan fingerprint density at radius 1 is 0.203 bits per heavy atom. The first-order valence-corrected chi connectivity index (χ1v) is 23.4. The highest BCUT2D eigenvalue weighted by molar-refractivity contribution is 6.13. The van der Waals surface area contributed by atoms with E-state index in [-0.39, 0.29) is 0 Å². The standard InChI is InChI=1S/C63H40N6/c1-3-17-42(18-4-1)61-64-62(43-19-5-2-6-20-43)66-63(65-61)44-33-31-41(32-34-44)45-37-47(68-57-28-14-9-23-51(57)52-24-10-15-29-58(52)68)39-48(38-45)69-59-30-16-11-25-53(59)54-40-46(35-36-60(54)69)67-55-26-12-7-21-49(55)50-22-8-13-27-56(50)67/h1-40H. The van der Waals surface area contributed by atoms with Crippen molar-refractivity contribution in [1.82, 2.24) is 28.7 Å². The number of para-hydroxylation sites is 5. The smallest absolute Gasteiger partial charge is 0.164 e. The Morgan fingerprint density at radius 2 is 0.522 bits per heavy atom. The molecular weight excluding hydrogens is 841 g/mol. The van der Waals surface area contributed by atoms with Gasteiger partial charge < -0.3 is 13.7 Å². The van der Waals surface area contributed by atoms with Crippen molar-refractivity contribution in [3.63, 3.8) is 0 Å². The molecule has 0 unspecified atom stereocenters. The van der Waals surface area contributed by atoms with Gasteiger partial charge in [-0.15, -0.1) is 0 Å². The third kappa shape index (κ3) is 6.30. The van der Waals surface area contributed by atoms with Crippen molar-refractivity contribution in [2.75, 3.05) is 0 Å². The van der Waals surface area contributed by atoms with Crippen LogP contribution in [0.5, 0.6) is 0 Å². The molecule has 0 spiro atoms. The van der Waals surface area contributed by atoms with Gasteiger partial charge in [0.25, 0.3) is 0 Å². The van der Waals surface area contributed by atoms with Crippen molar-refractivity contribution in [3.05, 3.63) is 243 Å². The van der Waals surface area contributed by atoms with Gasteiger partial charge in [0.05, 0.1) is 33.1 Å². The van der Waals surface area contributed by atoms with E-state index in [4.69, 9.17) is 15.0 Å². The molecule has 6 heteroatoms. The minimum atomic E-state index is 0.625. The lowest BCUT2D eigenvalue weighted by Crippen LogP contribution is -2.01. The van der Waals surface area contributed by atoms with Gasteiger partial charge >= 0.3 is 0 Å². The summed E-state index contributed by atoms with van der Waals surface area (Å²) in [5.74, 6) is 1.90. The fraction of sp³-hybridized carbons (Fsp3) is 0. The molecule has 0 aliphatic rings.